The molecule has 0 saturated heterocycles. The summed E-state index contributed by atoms with van der Waals surface area (Å²) < 4.78 is 69.3. The topological polar surface area (TPSA) is 159 Å². The number of fused-ring (bicyclic) bond motifs is 1. The molecule has 0 bridgehead atoms. The van der Waals surface area contributed by atoms with E-state index in [0.717, 1.165) is 0 Å². The Morgan fingerprint density at radius 2 is 1.87 bits per heavy atom. The van der Waals surface area contributed by atoms with Crippen LogP contribution in [0.3, 0.4) is 0 Å². The second-order valence-corrected chi connectivity index (χ2v) is 10.8. The number of nitrogens with two attached hydrogens (primary N) is 1. The molecule has 12 nitrogen and oxygen atoms in total. The summed E-state index contributed by atoms with van der Waals surface area (Å²) in [5, 5.41) is 15.7. The monoisotopic (exact) mass is 561 g/mol. The van der Waals surface area contributed by atoms with Crippen LogP contribution in [0.1, 0.15) is 20.8 Å². The fraction of sp³-hybridized carbons (Fsp3) is 0.500. The lowest BCUT2D eigenvalue weighted by Gasteiger charge is -2.31. The van der Waals surface area contributed by atoms with E-state index >= 15 is 0 Å². The van der Waals surface area contributed by atoms with Crippen molar-refractivity contribution in [1.29, 1.82) is 0 Å². The molecule has 0 aliphatic rings. The molecule has 16 heteroatoms. The SMILES string of the molecule is CC(C)NC(O)[C@H](COC(F)(F)F)N[P@](=O)(CO[C@H](C)Cn1cnc2c(N)ncnc21)Oc1ccccc1. The van der Waals surface area contributed by atoms with Gasteiger partial charge in [0, 0.05) is 6.04 Å². The minimum Gasteiger partial charge on any atom is -0.431 e. The minimum atomic E-state index is -4.96. The molecule has 0 spiro atoms. The largest absolute Gasteiger partial charge is 0.522 e. The van der Waals surface area contributed by atoms with Gasteiger partial charge in [-0.05, 0) is 32.9 Å². The van der Waals surface area contributed by atoms with E-state index < -0.39 is 45.2 Å². The molecule has 2 aromatic heterocycles. The van der Waals surface area contributed by atoms with Gasteiger partial charge in [0.2, 0.25) is 0 Å². The maximum atomic E-state index is 13.9. The summed E-state index contributed by atoms with van der Waals surface area (Å²) in [5.41, 5.74) is 6.71. The third-order valence-corrected chi connectivity index (χ3v) is 6.80. The molecule has 38 heavy (non-hydrogen) atoms. The highest BCUT2D eigenvalue weighted by Crippen LogP contribution is 2.44. The van der Waals surface area contributed by atoms with Crippen LogP contribution in [0.15, 0.2) is 43.0 Å². The number of para-hydroxylation sites is 1. The highest BCUT2D eigenvalue weighted by Gasteiger charge is 2.37. The number of aromatic nitrogens is 4. The molecule has 1 aromatic carbocycles. The Kier molecular flexibility index (Phi) is 10.0. The number of anilines is 1. The van der Waals surface area contributed by atoms with E-state index in [2.05, 4.69) is 30.1 Å². The first kappa shape index (κ1) is 29.7. The minimum absolute atomic E-state index is 0.189. The predicted molar refractivity (Wildman–Crippen MR) is 133 cm³/mol. The normalized spacial score (nSPS) is 16.3. The van der Waals surface area contributed by atoms with Crippen molar-refractivity contribution in [3.63, 3.8) is 0 Å². The van der Waals surface area contributed by atoms with Gasteiger partial charge < -0.3 is 24.7 Å². The zero-order valence-electron chi connectivity index (χ0n) is 21.0. The zero-order valence-corrected chi connectivity index (χ0v) is 21.9. The second-order valence-electron chi connectivity index (χ2n) is 8.77. The van der Waals surface area contributed by atoms with E-state index in [0.29, 0.717) is 11.2 Å². The molecule has 0 radical (unpaired) electrons. The lowest BCUT2D eigenvalue weighted by molar-refractivity contribution is -0.327. The van der Waals surface area contributed by atoms with Crippen molar-refractivity contribution >= 4 is 24.5 Å². The fourth-order valence-electron chi connectivity index (χ4n) is 3.42. The Morgan fingerprint density at radius 1 is 1.16 bits per heavy atom. The highest BCUT2D eigenvalue weighted by atomic mass is 31.2. The van der Waals surface area contributed by atoms with E-state index in [1.54, 1.807) is 43.5 Å². The molecule has 0 saturated carbocycles. The Morgan fingerprint density at radius 3 is 2.53 bits per heavy atom. The van der Waals surface area contributed by atoms with E-state index in [1.807, 2.05) is 0 Å². The van der Waals surface area contributed by atoms with Crippen molar-refractivity contribution in [3.05, 3.63) is 43.0 Å². The number of rotatable bonds is 14. The summed E-state index contributed by atoms with van der Waals surface area (Å²) in [6.45, 7) is 4.27. The number of aliphatic hydroxyl groups excluding tert-OH is 1. The standard InChI is InChI=1S/C22H31F3N7O5P/c1-14(2)30-21(33)17(10-36-22(23,24)25)31-38(34,37-16-7-5-4-6-8-16)13-35-15(3)9-32-12-29-18-19(26)27-11-28-20(18)32/h4-8,11-12,14-15,17,21,30,33H,9-10,13H2,1-3H3,(H,31,34)(H2,26,27,28)/t15-,17+,21?,38+/m1/s1. The van der Waals surface area contributed by atoms with Gasteiger partial charge in [-0.2, -0.15) is 0 Å². The summed E-state index contributed by atoms with van der Waals surface area (Å²) in [6, 6.07) is 6.29. The van der Waals surface area contributed by atoms with Gasteiger partial charge in [0.05, 0.1) is 31.6 Å². The summed E-state index contributed by atoms with van der Waals surface area (Å²) >= 11 is 0. The molecule has 2 heterocycles. The maximum Gasteiger partial charge on any atom is 0.522 e. The molecule has 3 rings (SSSR count). The first-order chi connectivity index (χ1) is 17.8. The second kappa shape index (κ2) is 12.8. The lowest BCUT2D eigenvalue weighted by Crippen LogP contribution is -2.52. The number of aliphatic hydroxyl groups is 1. The molecule has 210 valence electrons. The number of nitrogens with zero attached hydrogens (tertiary/aromatic N) is 4. The van der Waals surface area contributed by atoms with Gasteiger partial charge >= 0.3 is 13.9 Å². The number of benzene rings is 1. The van der Waals surface area contributed by atoms with Crippen LogP contribution in [-0.4, -0.2) is 68.4 Å². The quantitative estimate of drug-likeness (QED) is 0.169. The Bertz CT molecular complexity index is 1220. The number of nitrogens with one attached hydrogen (secondary N) is 2. The van der Waals surface area contributed by atoms with Crippen LogP contribution in [0.25, 0.3) is 11.2 Å². The third-order valence-electron chi connectivity index (χ3n) is 5.08. The van der Waals surface area contributed by atoms with Gasteiger partial charge in [0.15, 0.2) is 11.5 Å². The molecular formula is C22H31F3N7O5P. The van der Waals surface area contributed by atoms with Crippen molar-refractivity contribution in [2.24, 2.45) is 0 Å². The smallest absolute Gasteiger partial charge is 0.431 e. The maximum absolute atomic E-state index is 13.9. The van der Waals surface area contributed by atoms with Crippen LogP contribution in [-0.2, 0) is 20.6 Å². The lowest BCUT2D eigenvalue weighted by atomic mass is 10.2. The third kappa shape index (κ3) is 8.89. The van der Waals surface area contributed by atoms with E-state index in [1.165, 1.54) is 24.8 Å². The van der Waals surface area contributed by atoms with Gasteiger partial charge in [-0.25, -0.2) is 20.0 Å². The van der Waals surface area contributed by atoms with Crippen LogP contribution in [0, 0.1) is 0 Å². The molecule has 5 N–H and O–H groups in total. The molecular weight excluding hydrogens is 530 g/mol. The van der Waals surface area contributed by atoms with Crippen LogP contribution in [0.2, 0.25) is 0 Å². The number of alkyl halides is 3. The number of halogens is 3. The number of hydrogen-bond acceptors (Lipinski definition) is 10. The Labute approximate surface area is 217 Å². The van der Waals surface area contributed by atoms with Gasteiger partial charge in [-0.15, -0.1) is 13.2 Å². The molecule has 3 aromatic rings. The van der Waals surface area contributed by atoms with Crippen LogP contribution in [0.4, 0.5) is 19.0 Å². The summed E-state index contributed by atoms with van der Waals surface area (Å²) in [4.78, 5) is 12.2. The molecule has 0 amide bonds. The molecule has 1 unspecified atom stereocenters. The average molecular weight is 562 g/mol. The number of ether oxygens (including phenoxy) is 2. The van der Waals surface area contributed by atoms with Crippen molar-refractivity contribution in [2.75, 3.05) is 18.7 Å². The van der Waals surface area contributed by atoms with Crippen LogP contribution < -0.4 is 20.7 Å². The fourth-order valence-corrected chi connectivity index (χ4v) is 5.24. The van der Waals surface area contributed by atoms with Crippen molar-refractivity contribution in [1.82, 2.24) is 29.9 Å². The molecule has 0 aliphatic carbocycles. The highest BCUT2D eigenvalue weighted by molar-refractivity contribution is 7.57. The number of hydrogen-bond donors (Lipinski definition) is 4. The van der Waals surface area contributed by atoms with Crippen molar-refractivity contribution in [2.45, 2.75) is 58.1 Å². The summed E-state index contributed by atoms with van der Waals surface area (Å²) in [6.07, 6.45) is -4.82. The van der Waals surface area contributed by atoms with E-state index in [-0.39, 0.29) is 24.2 Å². The van der Waals surface area contributed by atoms with E-state index in [4.69, 9.17) is 15.0 Å². The first-order valence-corrected chi connectivity index (χ1v) is 13.5. The predicted octanol–water partition coefficient (Wildman–Crippen LogP) is 2.85. The van der Waals surface area contributed by atoms with E-state index in [9.17, 15) is 22.8 Å². The Balaban J connectivity index is 1.77. The number of nitrogen functional groups attached to an aromatic ring is 1. The van der Waals surface area contributed by atoms with Crippen LogP contribution >= 0.6 is 7.52 Å². The first-order valence-electron chi connectivity index (χ1n) is 11.6. The summed E-state index contributed by atoms with van der Waals surface area (Å²) in [7, 11) is -4.07. The molecule has 0 fully saturated rings. The number of imidazole rings is 1. The Hall–Kier alpha value is -2.81. The average Bonchev–Trinajstić information content (AvgIpc) is 3.24. The molecule has 4 atom stereocenters. The van der Waals surface area contributed by atoms with Crippen LogP contribution in [0.5, 0.6) is 5.75 Å². The zero-order chi connectivity index (χ0) is 27.9. The van der Waals surface area contributed by atoms with Gasteiger partial charge in [-0.3, -0.25) is 14.6 Å². The summed E-state index contributed by atoms with van der Waals surface area (Å²) in [5.74, 6) is 0.405. The van der Waals surface area contributed by atoms with Gasteiger partial charge in [0.1, 0.15) is 30.2 Å². The van der Waals surface area contributed by atoms with Crippen molar-refractivity contribution in [3.8, 4) is 5.75 Å². The van der Waals surface area contributed by atoms with Crippen molar-refractivity contribution < 1.29 is 36.8 Å². The van der Waals surface area contributed by atoms with Gasteiger partial charge in [0.25, 0.3) is 0 Å². The van der Waals surface area contributed by atoms with Gasteiger partial charge in [-0.1, -0.05) is 18.2 Å². The molecule has 0 aliphatic heterocycles.